The molecule has 1 heterocycles. The van der Waals surface area contributed by atoms with Gasteiger partial charge in [-0.15, -0.1) is 0 Å². The van der Waals surface area contributed by atoms with E-state index in [1.54, 1.807) is 23.1 Å². The highest BCUT2D eigenvalue weighted by atomic mass is 16.5. The van der Waals surface area contributed by atoms with Crippen molar-refractivity contribution in [3.8, 4) is 5.75 Å². The normalized spacial score (nSPS) is 14.0. The third kappa shape index (κ3) is 4.08. The Morgan fingerprint density at radius 2 is 1.78 bits per heavy atom. The third-order valence-corrected chi connectivity index (χ3v) is 4.44. The summed E-state index contributed by atoms with van der Waals surface area (Å²) in [6.07, 6.45) is 2.29. The van der Waals surface area contributed by atoms with Crippen molar-refractivity contribution < 1.29 is 24.2 Å². The number of carboxylic acid groups (broad SMARTS) is 1. The summed E-state index contributed by atoms with van der Waals surface area (Å²) >= 11 is 0. The van der Waals surface area contributed by atoms with E-state index in [9.17, 15) is 14.4 Å². The highest BCUT2D eigenvalue weighted by Gasteiger charge is 2.23. The fourth-order valence-electron chi connectivity index (χ4n) is 3.01. The van der Waals surface area contributed by atoms with Crippen molar-refractivity contribution in [2.75, 3.05) is 23.9 Å². The number of hydrogen-bond donors (Lipinski definition) is 2. The van der Waals surface area contributed by atoms with Gasteiger partial charge in [0.25, 0.3) is 5.91 Å². The average Bonchev–Trinajstić information content (AvgIpc) is 2.68. The lowest BCUT2D eigenvalue weighted by Gasteiger charge is -2.28. The maximum Gasteiger partial charge on any atom is 0.335 e. The average molecular weight is 368 g/mol. The van der Waals surface area contributed by atoms with E-state index < -0.39 is 5.97 Å². The lowest BCUT2D eigenvalue weighted by molar-refractivity contribution is -0.119. The number of ether oxygens (including phenoxy) is 1. The van der Waals surface area contributed by atoms with Crippen molar-refractivity contribution in [2.24, 2.45) is 0 Å². The second-order valence-electron chi connectivity index (χ2n) is 6.23. The first-order valence-electron chi connectivity index (χ1n) is 8.62. The molecule has 1 aliphatic heterocycles. The van der Waals surface area contributed by atoms with Gasteiger partial charge >= 0.3 is 5.97 Å². The zero-order valence-electron chi connectivity index (χ0n) is 14.9. The zero-order chi connectivity index (χ0) is 19.4. The molecule has 0 unspecified atom stereocenters. The van der Waals surface area contributed by atoms with Gasteiger partial charge in [-0.05, 0) is 55.3 Å². The van der Waals surface area contributed by atoms with Gasteiger partial charge in [-0.2, -0.15) is 0 Å². The van der Waals surface area contributed by atoms with Crippen LogP contribution in [0.1, 0.15) is 40.0 Å². The molecule has 2 N–H and O–H groups in total. The van der Waals surface area contributed by atoms with E-state index in [1.807, 2.05) is 0 Å². The van der Waals surface area contributed by atoms with Crippen LogP contribution in [0.2, 0.25) is 0 Å². The largest absolute Gasteiger partial charge is 0.495 e. The van der Waals surface area contributed by atoms with Crippen LogP contribution < -0.4 is 15.0 Å². The summed E-state index contributed by atoms with van der Waals surface area (Å²) in [7, 11) is 1.54. The number of aromatic carboxylic acids is 1. The fourth-order valence-corrected chi connectivity index (χ4v) is 3.01. The summed E-state index contributed by atoms with van der Waals surface area (Å²) < 4.78 is 5.36. The predicted octanol–water partition coefficient (Wildman–Crippen LogP) is 3.16. The van der Waals surface area contributed by atoms with Crippen LogP contribution in [0.15, 0.2) is 42.5 Å². The molecule has 1 saturated heterocycles. The minimum Gasteiger partial charge on any atom is -0.495 e. The number of piperidine rings is 1. The van der Waals surface area contributed by atoms with E-state index in [4.69, 9.17) is 9.84 Å². The SMILES string of the molecule is COc1ccc(NC(=O)c2ccc(C(=O)O)cc2)cc1N1CCCCC1=O. The minimum atomic E-state index is -1.05. The fraction of sp³-hybridized carbons (Fsp3) is 0.250. The van der Waals surface area contributed by atoms with Gasteiger partial charge < -0.3 is 20.1 Å². The number of carboxylic acids is 1. The number of anilines is 2. The van der Waals surface area contributed by atoms with Gasteiger partial charge in [0.15, 0.2) is 0 Å². The van der Waals surface area contributed by atoms with Gasteiger partial charge in [-0.25, -0.2) is 4.79 Å². The van der Waals surface area contributed by atoms with Crippen LogP contribution in [-0.4, -0.2) is 36.5 Å². The number of carbonyl (C=O) groups excluding carboxylic acids is 2. The Hall–Kier alpha value is -3.35. The van der Waals surface area contributed by atoms with Crippen LogP contribution in [0.4, 0.5) is 11.4 Å². The van der Waals surface area contributed by atoms with Crippen LogP contribution in [-0.2, 0) is 4.79 Å². The van der Waals surface area contributed by atoms with Crippen LogP contribution in [0.3, 0.4) is 0 Å². The quantitative estimate of drug-likeness (QED) is 0.845. The summed E-state index contributed by atoms with van der Waals surface area (Å²) in [5.74, 6) is -0.817. The van der Waals surface area contributed by atoms with Crippen molar-refractivity contribution in [1.29, 1.82) is 0 Å². The summed E-state index contributed by atoms with van der Waals surface area (Å²) in [6.45, 7) is 0.614. The monoisotopic (exact) mass is 368 g/mol. The van der Waals surface area contributed by atoms with E-state index in [2.05, 4.69) is 5.32 Å². The second kappa shape index (κ2) is 7.90. The zero-order valence-corrected chi connectivity index (χ0v) is 14.9. The van der Waals surface area contributed by atoms with Crippen LogP contribution in [0.25, 0.3) is 0 Å². The van der Waals surface area contributed by atoms with Crippen molar-refractivity contribution in [3.63, 3.8) is 0 Å². The molecule has 7 heteroatoms. The summed E-state index contributed by atoms with van der Waals surface area (Å²) in [5, 5.41) is 11.7. The van der Waals surface area contributed by atoms with Crippen molar-refractivity contribution in [1.82, 2.24) is 0 Å². The minimum absolute atomic E-state index is 0.0345. The Morgan fingerprint density at radius 1 is 1.07 bits per heavy atom. The van der Waals surface area contributed by atoms with Crippen LogP contribution >= 0.6 is 0 Å². The molecular formula is C20H20N2O5. The maximum atomic E-state index is 12.4. The first kappa shape index (κ1) is 18.4. The molecule has 2 amide bonds. The molecule has 140 valence electrons. The van der Waals surface area contributed by atoms with Crippen LogP contribution in [0.5, 0.6) is 5.75 Å². The molecule has 0 bridgehead atoms. The van der Waals surface area contributed by atoms with Gasteiger partial charge in [0.1, 0.15) is 5.75 Å². The Balaban J connectivity index is 1.82. The molecule has 1 fully saturated rings. The topological polar surface area (TPSA) is 95.9 Å². The molecule has 2 aromatic carbocycles. The summed E-state index contributed by atoms with van der Waals surface area (Å²) in [6, 6.07) is 10.8. The Morgan fingerprint density at radius 3 is 2.41 bits per heavy atom. The number of nitrogens with one attached hydrogen (secondary N) is 1. The molecule has 0 aromatic heterocycles. The molecule has 0 radical (unpaired) electrons. The number of methoxy groups -OCH3 is 1. The molecule has 2 aromatic rings. The molecule has 7 nitrogen and oxygen atoms in total. The lowest BCUT2D eigenvalue weighted by Crippen LogP contribution is -2.35. The van der Waals surface area contributed by atoms with Gasteiger partial charge in [0.2, 0.25) is 5.91 Å². The van der Waals surface area contributed by atoms with Gasteiger partial charge in [-0.3, -0.25) is 9.59 Å². The Bertz CT molecular complexity index is 876. The summed E-state index contributed by atoms with van der Waals surface area (Å²) in [5.41, 5.74) is 1.60. The number of rotatable bonds is 5. The highest BCUT2D eigenvalue weighted by molar-refractivity contribution is 6.05. The number of amides is 2. The van der Waals surface area contributed by atoms with E-state index in [0.717, 1.165) is 12.8 Å². The first-order chi connectivity index (χ1) is 13.0. The van der Waals surface area contributed by atoms with E-state index >= 15 is 0 Å². The number of carbonyl (C=O) groups is 3. The molecular weight excluding hydrogens is 348 g/mol. The molecule has 3 rings (SSSR count). The number of benzene rings is 2. The smallest absolute Gasteiger partial charge is 0.335 e. The van der Waals surface area contributed by atoms with E-state index in [-0.39, 0.29) is 17.4 Å². The van der Waals surface area contributed by atoms with E-state index in [1.165, 1.54) is 31.4 Å². The number of hydrogen-bond acceptors (Lipinski definition) is 4. The molecule has 0 aliphatic carbocycles. The lowest BCUT2D eigenvalue weighted by atomic mass is 10.1. The molecule has 0 saturated carbocycles. The van der Waals surface area contributed by atoms with Crippen molar-refractivity contribution in [2.45, 2.75) is 19.3 Å². The number of nitrogens with zero attached hydrogens (tertiary/aromatic N) is 1. The summed E-state index contributed by atoms with van der Waals surface area (Å²) in [4.78, 5) is 37.3. The third-order valence-electron chi connectivity index (χ3n) is 4.44. The van der Waals surface area contributed by atoms with E-state index in [0.29, 0.717) is 35.7 Å². The molecule has 0 spiro atoms. The highest BCUT2D eigenvalue weighted by Crippen LogP contribution is 2.33. The Kier molecular flexibility index (Phi) is 5.40. The van der Waals surface area contributed by atoms with Gasteiger partial charge in [-0.1, -0.05) is 0 Å². The Labute approximate surface area is 156 Å². The molecule has 27 heavy (non-hydrogen) atoms. The maximum absolute atomic E-state index is 12.4. The molecule has 1 aliphatic rings. The van der Waals surface area contributed by atoms with Gasteiger partial charge in [0.05, 0.1) is 18.4 Å². The van der Waals surface area contributed by atoms with Crippen molar-refractivity contribution >= 4 is 29.2 Å². The first-order valence-corrected chi connectivity index (χ1v) is 8.62. The second-order valence-corrected chi connectivity index (χ2v) is 6.23. The standard InChI is InChI=1S/C20H20N2O5/c1-27-17-10-9-15(12-16(17)22-11-3-2-4-18(22)23)21-19(24)13-5-7-14(8-6-13)20(25)26/h5-10,12H,2-4,11H2,1H3,(H,21,24)(H,25,26). The van der Waals surface area contributed by atoms with Crippen molar-refractivity contribution in [3.05, 3.63) is 53.6 Å². The van der Waals surface area contributed by atoms with Gasteiger partial charge in [0, 0.05) is 24.2 Å². The van der Waals surface area contributed by atoms with Crippen LogP contribution in [0, 0.1) is 0 Å². The predicted molar refractivity (Wildman–Crippen MR) is 101 cm³/mol. The molecule has 0 atom stereocenters.